The Morgan fingerprint density at radius 3 is 2.75 bits per heavy atom. The second kappa shape index (κ2) is 6.28. The molecule has 1 saturated carbocycles. The summed E-state index contributed by atoms with van der Waals surface area (Å²) >= 11 is 0. The summed E-state index contributed by atoms with van der Waals surface area (Å²) in [5.74, 6) is 0.521. The van der Waals surface area contributed by atoms with Crippen molar-refractivity contribution in [2.24, 2.45) is 5.92 Å². The van der Waals surface area contributed by atoms with Gasteiger partial charge in [0.1, 0.15) is 12.2 Å². The summed E-state index contributed by atoms with van der Waals surface area (Å²) in [6.45, 7) is 0.0879. The van der Waals surface area contributed by atoms with Gasteiger partial charge in [-0.2, -0.15) is 5.26 Å². The molecule has 5 atom stereocenters. The molecule has 3 rings (SSSR count). The van der Waals surface area contributed by atoms with Crippen LogP contribution in [0.4, 0.5) is 4.39 Å². The van der Waals surface area contributed by atoms with Crippen molar-refractivity contribution in [3.63, 3.8) is 0 Å². The summed E-state index contributed by atoms with van der Waals surface area (Å²) in [5.41, 5.74) is 0. The fourth-order valence-electron chi connectivity index (χ4n) is 3.86. The molecule has 0 aromatic carbocycles. The largest absolute Gasteiger partial charge is 0.322 e. The molecule has 0 radical (unpaired) electrons. The summed E-state index contributed by atoms with van der Waals surface area (Å²) in [6.07, 6.45) is 4.79. The molecule has 20 heavy (non-hydrogen) atoms. The highest BCUT2D eigenvalue weighted by atomic mass is 35.5. The van der Waals surface area contributed by atoms with Gasteiger partial charge in [-0.05, 0) is 25.2 Å². The molecular weight excluding hydrogens is 281 g/mol. The van der Waals surface area contributed by atoms with Crippen molar-refractivity contribution < 1.29 is 9.18 Å². The van der Waals surface area contributed by atoms with Crippen molar-refractivity contribution in [3.8, 4) is 6.07 Å². The van der Waals surface area contributed by atoms with E-state index in [1.54, 1.807) is 0 Å². The minimum atomic E-state index is -1.04. The number of nitrogens with zero attached hydrogens (tertiary/aromatic N) is 2. The van der Waals surface area contributed by atoms with Gasteiger partial charge in [0.05, 0.1) is 18.7 Å². The summed E-state index contributed by atoms with van der Waals surface area (Å²) in [4.78, 5) is 13.9. The van der Waals surface area contributed by atoms with Gasteiger partial charge in [0.15, 0.2) is 0 Å². The number of carbonyl (C=O) groups excluding carboxylic acids is 1. The van der Waals surface area contributed by atoms with E-state index in [1.807, 2.05) is 6.07 Å². The van der Waals surface area contributed by atoms with Crippen LogP contribution in [0.5, 0.6) is 0 Å². The first-order chi connectivity index (χ1) is 9.19. The average Bonchev–Trinajstić information content (AvgIpc) is 3.00. The van der Waals surface area contributed by atoms with Crippen LogP contribution in [0.15, 0.2) is 0 Å². The minimum Gasteiger partial charge on any atom is -0.322 e. The van der Waals surface area contributed by atoms with E-state index >= 15 is 0 Å². The van der Waals surface area contributed by atoms with Crippen molar-refractivity contribution in [3.05, 3.63) is 0 Å². The van der Waals surface area contributed by atoms with Gasteiger partial charge in [-0.25, -0.2) is 4.39 Å². The number of hydrogen-bond acceptors (Lipinski definition) is 3. The predicted molar refractivity (Wildman–Crippen MR) is 75.2 cm³/mol. The van der Waals surface area contributed by atoms with Crippen molar-refractivity contribution in [2.45, 2.75) is 62.8 Å². The van der Waals surface area contributed by atoms with Crippen LogP contribution in [0.1, 0.15) is 38.5 Å². The number of nitriles is 1. The van der Waals surface area contributed by atoms with Crippen LogP contribution in [0.25, 0.3) is 0 Å². The molecule has 0 spiro atoms. The molecule has 5 unspecified atom stereocenters. The Balaban J connectivity index is 0.00000147. The fourth-order valence-corrected chi connectivity index (χ4v) is 3.86. The molecule has 6 heteroatoms. The SMILES string of the molecule is Cl.N#CC1CC(F)CN1C(=O)C1CC2CCCCC2N1. The zero-order chi connectivity index (χ0) is 13.4. The number of fused-ring (bicyclic) bond motifs is 1. The zero-order valence-electron chi connectivity index (χ0n) is 11.4. The lowest BCUT2D eigenvalue weighted by Crippen LogP contribution is -2.47. The molecule has 1 aliphatic carbocycles. The van der Waals surface area contributed by atoms with E-state index in [-0.39, 0.29) is 37.3 Å². The number of carbonyl (C=O) groups is 1. The van der Waals surface area contributed by atoms with Crippen LogP contribution >= 0.6 is 12.4 Å². The second-order valence-corrected chi connectivity index (χ2v) is 6.07. The third-order valence-corrected chi connectivity index (χ3v) is 4.84. The molecule has 2 heterocycles. The van der Waals surface area contributed by atoms with Crippen molar-refractivity contribution in [1.29, 1.82) is 5.26 Å². The first kappa shape index (κ1) is 15.5. The van der Waals surface area contributed by atoms with Gasteiger partial charge in [0, 0.05) is 12.5 Å². The van der Waals surface area contributed by atoms with E-state index < -0.39 is 12.2 Å². The Bertz CT molecular complexity index is 400. The molecule has 0 bridgehead atoms. The number of halogens is 2. The molecule has 2 aliphatic heterocycles. The zero-order valence-corrected chi connectivity index (χ0v) is 12.2. The predicted octanol–water partition coefficient (Wildman–Crippen LogP) is 1.79. The third-order valence-electron chi connectivity index (χ3n) is 4.84. The van der Waals surface area contributed by atoms with Crippen LogP contribution in [0.3, 0.4) is 0 Å². The number of alkyl halides is 1. The molecular formula is C14H21ClFN3O. The van der Waals surface area contributed by atoms with Crippen molar-refractivity contribution >= 4 is 18.3 Å². The first-order valence-electron chi connectivity index (χ1n) is 7.29. The summed E-state index contributed by atoms with van der Waals surface area (Å²) in [5, 5.41) is 12.4. The highest BCUT2D eigenvalue weighted by molar-refractivity contribution is 5.85. The summed E-state index contributed by atoms with van der Waals surface area (Å²) in [6, 6.07) is 1.72. The topological polar surface area (TPSA) is 56.1 Å². The summed E-state index contributed by atoms with van der Waals surface area (Å²) < 4.78 is 13.4. The maximum Gasteiger partial charge on any atom is 0.240 e. The number of amides is 1. The summed E-state index contributed by atoms with van der Waals surface area (Å²) in [7, 11) is 0. The lowest BCUT2D eigenvalue weighted by atomic mass is 9.85. The molecule has 1 N–H and O–H groups in total. The van der Waals surface area contributed by atoms with E-state index in [2.05, 4.69) is 5.32 Å². The lowest BCUT2D eigenvalue weighted by Gasteiger charge is -2.24. The van der Waals surface area contributed by atoms with Crippen LogP contribution in [0, 0.1) is 17.2 Å². The van der Waals surface area contributed by atoms with Crippen LogP contribution in [-0.4, -0.2) is 41.6 Å². The molecule has 3 fully saturated rings. The average molecular weight is 302 g/mol. The normalized spacial score (nSPS) is 39.8. The van der Waals surface area contributed by atoms with E-state index in [0.717, 1.165) is 12.8 Å². The van der Waals surface area contributed by atoms with Crippen LogP contribution in [-0.2, 0) is 4.79 Å². The fraction of sp³-hybridized carbons (Fsp3) is 0.857. The molecule has 1 amide bonds. The Kier molecular flexibility index (Phi) is 4.87. The van der Waals surface area contributed by atoms with Gasteiger partial charge < -0.3 is 10.2 Å². The van der Waals surface area contributed by atoms with Gasteiger partial charge in [-0.15, -0.1) is 12.4 Å². The molecule has 4 nitrogen and oxygen atoms in total. The van der Waals surface area contributed by atoms with Crippen LogP contribution in [0.2, 0.25) is 0 Å². The number of likely N-dealkylation sites (tertiary alicyclic amines) is 1. The monoisotopic (exact) mass is 301 g/mol. The molecule has 2 saturated heterocycles. The first-order valence-corrected chi connectivity index (χ1v) is 7.29. The van der Waals surface area contributed by atoms with Gasteiger partial charge in [0.2, 0.25) is 5.91 Å². The Labute approximate surface area is 125 Å². The van der Waals surface area contributed by atoms with Gasteiger partial charge in [-0.1, -0.05) is 12.8 Å². The minimum absolute atomic E-state index is 0. The van der Waals surface area contributed by atoms with Gasteiger partial charge >= 0.3 is 0 Å². The maximum atomic E-state index is 13.4. The highest BCUT2D eigenvalue weighted by Crippen LogP contribution is 2.34. The van der Waals surface area contributed by atoms with Crippen molar-refractivity contribution in [2.75, 3.05) is 6.54 Å². The smallest absolute Gasteiger partial charge is 0.240 e. The van der Waals surface area contributed by atoms with E-state index in [4.69, 9.17) is 5.26 Å². The Hall–Kier alpha value is -0.860. The van der Waals surface area contributed by atoms with E-state index in [1.165, 1.54) is 24.2 Å². The standard InChI is InChI=1S/C14H20FN3O.ClH/c15-10-6-11(7-16)18(8-10)14(19)13-5-9-3-1-2-4-12(9)17-13;/h9-13,17H,1-6,8H2;1H. The van der Waals surface area contributed by atoms with E-state index in [0.29, 0.717) is 12.0 Å². The Morgan fingerprint density at radius 1 is 1.30 bits per heavy atom. The quantitative estimate of drug-likeness (QED) is 0.803. The maximum absolute atomic E-state index is 13.4. The molecule has 0 aromatic heterocycles. The number of hydrogen-bond donors (Lipinski definition) is 1. The lowest BCUT2D eigenvalue weighted by molar-refractivity contribution is -0.133. The number of rotatable bonds is 1. The molecule has 0 aromatic rings. The van der Waals surface area contributed by atoms with Crippen molar-refractivity contribution in [1.82, 2.24) is 10.2 Å². The second-order valence-electron chi connectivity index (χ2n) is 6.07. The van der Waals surface area contributed by atoms with Gasteiger partial charge in [0.25, 0.3) is 0 Å². The van der Waals surface area contributed by atoms with E-state index in [9.17, 15) is 9.18 Å². The third kappa shape index (κ3) is 2.77. The van der Waals surface area contributed by atoms with Gasteiger partial charge in [-0.3, -0.25) is 4.79 Å². The van der Waals surface area contributed by atoms with Crippen LogP contribution < -0.4 is 5.32 Å². The molecule has 112 valence electrons. The highest BCUT2D eigenvalue weighted by Gasteiger charge is 2.43. The molecule has 3 aliphatic rings. The number of nitrogens with one attached hydrogen (secondary N) is 1. The Morgan fingerprint density at radius 2 is 2.05 bits per heavy atom.